The highest BCUT2D eigenvalue weighted by Gasteiger charge is 2.21. The highest BCUT2D eigenvalue weighted by molar-refractivity contribution is 6.07. The summed E-state index contributed by atoms with van der Waals surface area (Å²) in [4.78, 5) is 23.0. The Hall–Kier alpha value is -3.66. The molecule has 0 aliphatic rings. The molecule has 7 heteroatoms. The topological polar surface area (TPSA) is 101 Å². The summed E-state index contributed by atoms with van der Waals surface area (Å²) in [6.07, 6.45) is 0. The molecule has 0 saturated carbocycles. The first-order chi connectivity index (χ1) is 12.1. The van der Waals surface area contributed by atoms with E-state index in [0.717, 1.165) is 0 Å². The largest absolute Gasteiger partial charge is 0.326 e. The van der Waals surface area contributed by atoms with Crippen LogP contribution in [0.3, 0.4) is 0 Å². The van der Waals surface area contributed by atoms with Gasteiger partial charge < -0.3 is 9.88 Å². The molecule has 25 heavy (non-hydrogen) atoms. The standard InChI is InChI=1S/C18H14N4O3/c1-2-21-16-10-13(22(24)25)8-9-14(16)15(11-19)17(21)20-18(23)12-6-4-3-5-7-12/h3-10H,2H2,1H3,(H,20,23). The number of amides is 1. The number of non-ortho nitro benzene ring substituents is 1. The van der Waals surface area contributed by atoms with Crippen LogP contribution in [0.1, 0.15) is 22.8 Å². The number of rotatable bonds is 4. The first-order valence-corrected chi connectivity index (χ1v) is 7.64. The minimum atomic E-state index is -0.485. The Morgan fingerprint density at radius 1 is 1.28 bits per heavy atom. The van der Waals surface area contributed by atoms with Gasteiger partial charge in [0.25, 0.3) is 11.6 Å². The van der Waals surface area contributed by atoms with Crippen LogP contribution >= 0.6 is 0 Å². The van der Waals surface area contributed by atoms with Crippen LogP contribution in [-0.4, -0.2) is 15.4 Å². The van der Waals surface area contributed by atoms with Crippen molar-refractivity contribution in [3.05, 3.63) is 69.8 Å². The second kappa shape index (κ2) is 6.45. The molecule has 0 radical (unpaired) electrons. The molecular formula is C18H14N4O3. The Morgan fingerprint density at radius 3 is 2.60 bits per heavy atom. The van der Waals surface area contributed by atoms with E-state index in [1.807, 2.05) is 6.92 Å². The smallest absolute Gasteiger partial charge is 0.271 e. The Balaban J connectivity index is 2.15. The van der Waals surface area contributed by atoms with Gasteiger partial charge in [-0.05, 0) is 25.1 Å². The van der Waals surface area contributed by atoms with Crippen molar-refractivity contribution >= 4 is 28.3 Å². The van der Waals surface area contributed by atoms with E-state index < -0.39 is 4.92 Å². The van der Waals surface area contributed by atoms with Crippen molar-refractivity contribution in [2.75, 3.05) is 5.32 Å². The maximum atomic E-state index is 12.5. The molecule has 2 aromatic carbocycles. The lowest BCUT2D eigenvalue weighted by Gasteiger charge is -2.10. The number of anilines is 1. The fourth-order valence-corrected chi connectivity index (χ4v) is 2.79. The van der Waals surface area contributed by atoms with Crippen molar-refractivity contribution in [1.29, 1.82) is 5.26 Å². The number of nitrogens with one attached hydrogen (secondary N) is 1. The van der Waals surface area contributed by atoms with Crippen LogP contribution in [0.4, 0.5) is 11.5 Å². The number of hydrogen-bond acceptors (Lipinski definition) is 4. The molecule has 1 N–H and O–H groups in total. The predicted octanol–water partition coefficient (Wildman–Crippen LogP) is 3.69. The van der Waals surface area contributed by atoms with Gasteiger partial charge in [-0.3, -0.25) is 14.9 Å². The molecule has 0 aliphatic heterocycles. The molecule has 0 atom stereocenters. The third-order valence-electron chi connectivity index (χ3n) is 3.95. The molecular weight excluding hydrogens is 320 g/mol. The quantitative estimate of drug-likeness (QED) is 0.580. The van der Waals surface area contributed by atoms with E-state index in [-0.39, 0.29) is 17.2 Å². The molecule has 124 valence electrons. The molecule has 0 fully saturated rings. The zero-order valence-electron chi connectivity index (χ0n) is 13.4. The molecule has 0 saturated heterocycles. The number of nitrogens with zero attached hydrogens (tertiary/aromatic N) is 3. The van der Waals surface area contributed by atoms with Crippen molar-refractivity contribution in [2.45, 2.75) is 13.5 Å². The van der Waals surface area contributed by atoms with Crippen LogP contribution in [-0.2, 0) is 6.54 Å². The number of carbonyl (C=O) groups excluding carboxylic acids is 1. The monoisotopic (exact) mass is 334 g/mol. The molecule has 3 rings (SSSR count). The number of benzene rings is 2. The first kappa shape index (κ1) is 16.2. The maximum Gasteiger partial charge on any atom is 0.271 e. The molecule has 0 spiro atoms. The minimum Gasteiger partial charge on any atom is -0.326 e. The predicted molar refractivity (Wildman–Crippen MR) is 93.4 cm³/mol. The van der Waals surface area contributed by atoms with Crippen LogP contribution in [0, 0.1) is 21.4 Å². The lowest BCUT2D eigenvalue weighted by molar-refractivity contribution is -0.384. The van der Waals surface area contributed by atoms with Crippen LogP contribution < -0.4 is 5.32 Å². The summed E-state index contributed by atoms with van der Waals surface area (Å²) in [5.74, 6) is -0.00143. The second-order valence-corrected chi connectivity index (χ2v) is 5.36. The van der Waals surface area contributed by atoms with Crippen LogP contribution in [0.15, 0.2) is 48.5 Å². The van der Waals surface area contributed by atoms with Gasteiger partial charge in [-0.2, -0.15) is 5.26 Å². The average molecular weight is 334 g/mol. The Morgan fingerprint density at radius 2 is 2.00 bits per heavy atom. The van der Waals surface area contributed by atoms with Gasteiger partial charge in [-0.15, -0.1) is 0 Å². The van der Waals surface area contributed by atoms with Gasteiger partial charge in [0.15, 0.2) is 0 Å². The van der Waals surface area contributed by atoms with Crippen molar-refractivity contribution < 1.29 is 9.72 Å². The second-order valence-electron chi connectivity index (χ2n) is 5.36. The Kier molecular flexibility index (Phi) is 4.18. The zero-order valence-corrected chi connectivity index (χ0v) is 13.4. The molecule has 3 aromatic rings. The maximum absolute atomic E-state index is 12.5. The van der Waals surface area contributed by atoms with Crippen molar-refractivity contribution in [3.63, 3.8) is 0 Å². The SMILES string of the molecule is CCn1c(NC(=O)c2ccccc2)c(C#N)c2ccc([N+](=O)[O-])cc21. The lowest BCUT2D eigenvalue weighted by Crippen LogP contribution is -2.15. The van der Waals surface area contributed by atoms with E-state index in [2.05, 4.69) is 11.4 Å². The van der Waals surface area contributed by atoms with E-state index in [4.69, 9.17) is 0 Å². The zero-order chi connectivity index (χ0) is 18.0. The number of aryl methyl sites for hydroxylation is 1. The van der Waals surface area contributed by atoms with Gasteiger partial charge >= 0.3 is 0 Å². The van der Waals surface area contributed by atoms with Gasteiger partial charge in [0.05, 0.1) is 10.4 Å². The lowest BCUT2D eigenvalue weighted by atomic mass is 10.1. The molecule has 1 amide bonds. The van der Waals surface area contributed by atoms with Crippen molar-refractivity contribution in [3.8, 4) is 6.07 Å². The minimum absolute atomic E-state index is 0.0647. The number of nitriles is 1. The fourth-order valence-electron chi connectivity index (χ4n) is 2.79. The van der Waals surface area contributed by atoms with Crippen molar-refractivity contribution in [2.24, 2.45) is 0 Å². The first-order valence-electron chi connectivity index (χ1n) is 7.64. The Labute approximate surface area is 143 Å². The molecule has 1 aromatic heterocycles. The summed E-state index contributed by atoms with van der Waals surface area (Å²) in [5, 5.41) is 23.9. The third kappa shape index (κ3) is 2.81. The number of fused-ring (bicyclic) bond motifs is 1. The molecule has 0 aliphatic carbocycles. The summed E-state index contributed by atoms with van der Waals surface area (Å²) in [6, 6.07) is 15.0. The summed E-state index contributed by atoms with van der Waals surface area (Å²) in [7, 11) is 0. The third-order valence-corrected chi connectivity index (χ3v) is 3.95. The fraction of sp³-hybridized carbons (Fsp3) is 0.111. The van der Waals surface area contributed by atoms with E-state index in [0.29, 0.717) is 28.8 Å². The number of nitro benzene ring substituents is 1. The number of hydrogen-bond donors (Lipinski definition) is 1. The molecule has 7 nitrogen and oxygen atoms in total. The van der Waals surface area contributed by atoms with Crippen molar-refractivity contribution in [1.82, 2.24) is 4.57 Å². The van der Waals surface area contributed by atoms with Gasteiger partial charge in [0, 0.05) is 29.6 Å². The van der Waals surface area contributed by atoms with Crippen LogP contribution in [0.5, 0.6) is 0 Å². The van der Waals surface area contributed by atoms with Gasteiger partial charge in [-0.1, -0.05) is 18.2 Å². The highest BCUT2D eigenvalue weighted by atomic mass is 16.6. The van der Waals surface area contributed by atoms with E-state index in [1.54, 1.807) is 34.9 Å². The number of aromatic nitrogens is 1. The molecule has 1 heterocycles. The van der Waals surface area contributed by atoms with E-state index in [9.17, 15) is 20.2 Å². The van der Waals surface area contributed by atoms with E-state index >= 15 is 0 Å². The van der Waals surface area contributed by atoms with E-state index in [1.165, 1.54) is 18.2 Å². The summed E-state index contributed by atoms with van der Waals surface area (Å²) >= 11 is 0. The summed E-state index contributed by atoms with van der Waals surface area (Å²) < 4.78 is 1.70. The average Bonchev–Trinajstić information content (AvgIpc) is 2.93. The van der Waals surface area contributed by atoms with Gasteiger partial charge in [0.1, 0.15) is 17.5 Å². The summed E-state index contributed by atoms with van der Waals surface area (Å²) in [6.45, 7) is 2.29. The van der Waals surface area contributed by atoms with Gasteiger partial charge in [-0.25, -0.2) is 0 Å². The number of nitro groups is 1. The number of carbonyl (C=O) groups is 1. The summed E-state index contributed by atoms with van der Waals surface area (Å²) in [5.41, 5.74) is 1.23. The highest BCUT2D eigenvalue weighted by Crippen LogP contribution is 2.32. The molecule has 0 bridgehead atoms. The molecule has 0 unspecified atom stereocenters. The van der Waals surface area contributed by atoms with Crippen LogP contribution in [0.25, 0.3) is 10.9 Å². The Bertz CT molecular complexity index is 1020. The van der Waals surface area contributed by atoms with Gasteiger partial charge in [0.2, 0.25) is 0 Å². The normalized spacial score (nSPS) is 10.4. The van der Waals surface area contributed by atoms with Crippen LogP contribution in [0.2, 0.25) is 0 Å².